The van der Waals surface area contributed by atoms with Gasteiger partial charge < -0.3 is 23.5 Å². The van der Waals surface area contributed by atoms with Crippen LogP contribution in [-0.4, -0.2) is 45.1 Å². The van der Waals surface area contributed by atoms with Crippen molar-refractivity contribution in [3.63, 3.8) is 0 Å². The minimum atomic E-state index is -0.144. The van der Waals surface area contributed by atoms with E-state index in [1.165, 1.54) is 24.8 Å². The number of rotatable bonds is 16. The summed E-state index contributed by atoms with van der Waals surface area (Å²) in [7, 11) is 5.32. The van der Waals surface area contributed by atoms with Crippen LogP contribution in [-0.2, 0) is 6.54 Å². The molecule has 0 bridgehead atoms. The monoisotopic (exact) mass is 591 g/mol. The van der Waals surface area contributed by atoms with Crippen LogP contribution in [0.3, 0.4) is 0 Å². The van der Waals surface area contributed by atoms with Crippen molar-refractivity contribution in [3.05, 3.63) is 114 Å². The van der Waals surface area contributed by atoms with E-state index in [1.807, 2.05) is 48.5 Å². The Morgan fingerprint density at radius 2 is 1.45 bits per heavy atom. The molecule has 1 aromatic heterocycles. The molecule has 6 nitrogen and oxygen atoms in total. The zero-order valence-electron chi connectivity index (χ0n) is 25.9. The summed E-state index contributed by atoms with van der Waals surface area (Å²) < 4.78 is 23.1. The quantitative estimate of drug-likeness (QED) is 0.0844. The molecular weight excluding hydrogens is 550 g/mol. The minimum Gasteiger partial charge on any atom is -0.494 e. The van der Waals surface area contributed by atoms with Gasteiger partial charge in [-0.3, -0.25) is 4.79 Å². The predicted octanol–water partition coefficient (Wildman–Crippen LogP) is 8.81. The van der Waals surface area contributed by atoms with Crippen LogP contribution >= 0.6 is 0 Å². The van der Waals surface area contributed by atoms with Gasteiger partial charge in [-0.25, -0.2) is 0 Å². The number of benzene rings is 4. The maximum absolute atomic E-state index is 13.8. The van der Waals surface area contributed by atoms with Crippen LogP contribution in [0.1, 0.15) is 53.6 Å². The fourth-order valence-corrected chi connectivity index (χ4v) is 5.48. The second-order valence-electron chi connectivity index (χ2n) is 11.1. The van der Waals surface area contributed by atoms with Crippen molar-refractivity contribution in [2.75, 3.05) is 34.4 Å². The van der Waals surface area contributed by atoms with E-state index in [0.717, 1.165) is 42.6 Å². The summed E-state index contributed by atoms with van der Waals surface area (Å²) >= 11 is 0. The number of nitrogens with zero attached hydrogens (tertiary/aromatic N) is 1. The van der Waals surface area contributed by atoms with E-state index >= 15 is 0 Å². The number of unbranched alkanes of at least 4 members (excludes halogenated alkanes) is 4. The van der Waals surface area contributed by atoms with Gasteiger partial charge in [0, 0.05) is 23.1 Å². The average Bonchev–Trinajstić information content (AvgIpc) is 3.45. The van der Waals surface area contributed by atoms with Crippen LogP contribution in [0.2, 0.25) is 0 Å². The number of ether oxygens (including phenoxy) is 3. The van der Waals surface area contributed by atoms with Gasteiger partial charge in [0.25, 0.3) is 0 Å². The van der Waals surface area contributed by atoms with Crippen LogP contribution in [0.15, 0.2) is 101 Å². The molecule has 0 atom stereocenters. The van der Waals surface area contributed by atoms with Crippen molar-refractivity contribution in [2.24, 2.45) is 0 Å². The van der Waals surface area contributed by atoms with Gasteiger partial charge in [0.15, 0.2) is 17.3 Å². The number of fused-ring (bicyclic) bond motifs is 1. The molecule has 0 unspecified atom stereocenters. The molecule has 0 radical (unpaired) electrons. The van der Waals surface area contributed by atoms with Crippen molar-refractivity contribution in [1.29, 1.82) is 0 Å². The van der Waals surface area contributed by atoms with E-state index in [0.29, 0.717) is 40.6 Å². The number of methoxy groups -OCH3 is 2. The fourth-order valence-electron chi connectivity index (χ4n) is 5.48. The molecule has 0 amide bonds. The molecule has 4 aromatic carbocycles. The molecule has 0 fully saturated rings. The number of carbonyl (C=O) groups excluding carboxylic acids is 1. The number of ketones is 1. The van der Waals surface area contributed by atoms with Gasteiger partial charge in [0.05, 0.1) is 26.4 Å². The summed E-state index contributed by atoms with van der Waals surface area (Å²) in [6.45, 7) is 2.80. The molecule has 0 spiro atoms. The Morgan fingerprint density at radius 3 is 2.23 bits per heavy atom. The zero-order valence-corrected chi connectivity index (χ0v) is 25.9. The molecule has 5 rings (SSSR count). The van der Waals surface area contributed by atoms with Crippen LogP contribution in [0.5, 0.6) is 17.2 Å². The lowest BCUT2D eigenvalue weighted by Gasteiger charge is -2.16. The topological polar surface area (TPSA) is 61.1 Å². The normalized spacial score (nSPS) is 11.2. The maximum Gasteiger partial charge on any atom is 0.197 e. The molecule has 1 heterocycles. The van der Waals surface area contributed by atoms with Crippen LogP contribution < -0.4 is 14.2 Å². The first-order valence-corrected chi connectivity index (χ1v) is 15.3. The predicted molar refractivity (Wildman–Crippen MR) is 176 cm³/mol. The minimum absolute atomic E-state index is 0.144. The van der Waals surface area contributed by atoms with Crippen molar-refractivity contribution >= 4 is 16.8 Å². The largest absolute Gasteiger partial charge is 0.494 e. The highest BCUT2D eigenvalue weighted by Crippen LogP contribution is 2.37. The standard InChI is InChI=1S/C38H41NO5/c1-39(27-28-14-8-7-9-15-28)24-12-5-4-6-13-25-43-31-21-18-29(19-22-31)38-36(32-16-10-11-17-33(32)44-38)37(40)30-20-23-34(41-2)35(26-30)42-3/h7-11,14-23,26H,4-6,12-13,24-25,27H2,1-3H3. The lowest BCUT2D eigenvalue weighted by atomic mass is 9.97. The van der Waals surface area contributed by atoms with Crippen molar-refractivity contribution in [2.45, 2.75) is 38.6 Å². The maximum atomic E-state index is 13.8. The molecule has 5 aromatic rings. The molecule has 44 heavy (non-hydrogen) atoms. The average molecular weight is 592 g/mol. The molecule has 6 heteroatoms. The van der Waals surface area contributed by atoms with Crippen LogP contribution in [0, 0.1) is 0 Å². The lowest BCUT2D eigenvalue weighted by molar-refractivity contribution is 0.104. The van der Waals surface area contributed by atoms with Crippen LogP contribution in [0.25, 0.3) is 22.3 Å². The first-order chi connectivity index (χ1) is 21.6. The molecule has 0 aliphatic heterocycles. The highest BCUT2D eigenvalue weighted by atomic mass is 16.5. The first kappa shape index (κ1) is 30.9. The van der Waals surface area contributed by atoms with Gasteiger partial charge in [0.1, 0.15) is 17.1 Å². The van der Waals surface area contributed by atoms with E-state index in [2.05, 4.69) is 42.3 Å². The third kappa shape index (κ3) is 7.69. The van der Waals surface area contributed by atoms with E-state index in [1.54, 1.807) is 32.4 Å². The third-order valence-electron chi connectivity index (χ3n) is 7.83. The second-order valence-corrected chi connectivity index (χ2v) is 11.1. The molecule has 0 saturated heterocycles. The van der Waals surface area contributed by atoms with Crippen LogP contribution in [0.4, 0.5) is 0 Å². The number of hydrogen-bond donors (Lipinski definition) is 0. The Morgan fingerprint density at radius 1 is 0.750 bits per heavy atom. The van der Waals surface area contributed by atoms with Gasteiger partial charge in [-0.1, -0.05) is 67.8 Å². The molecule has 228 valence electrons. The molecule has 0 N–H and O–H groups in total. The Balaban J connectivity index is 1.14. The van der Waals surface area contributed by atoms with Gasteiger partial charge in [-0.15, -0.1) is 0 Å². The van der Waals surface area contributed by atoms with E-state index in [9.17, 15) is 4.79 Å². The third-order valence-corrected chi connectivity index (χ3v) is 7.83. The van der Waals surface area contributed by atoms with Gasteiger partial charge in [-0.05, 0) is 80.5 Å². The van der Waals surface area contributed by atoms with Crippen molar-refractivity contribution < 1.29 is 23.4 Å². The van der Waals surface area contributed by atoms with Gasteiger partial charge >= 0.3 is 0 Å². The highest BCUT2D eigenvalue weighted by molar-refractivity contribution is 6.19. The summed E-state index contributed by atoms with van der Waals surface area (Å²) in [5.74, 6) is 2.26. The first-order valence-electron chi connectivity index (χ1n) is 15.3. The van der Waals surface area contributed by atoms with E-state index in [-0.39, 0.29) is 5.78 Å². The van der Waals surface area contributed by atoms with E-state index in [4.69, 9.17) is 18.6 Å². The van der Waals surface area contributed by atoms with Crippen molar-refractivity contribution in [3.8, 4) is 28.6 Å². The Labute approximate surface area is 260 Å². The van der Waals surface area contributed by atoms with Gasteiger partial charge in [-0.2, -0.15) is 0 Å². The lowest BCUT2D eigenvalue weighted by Crippen LogP contribution is -2.18. The highest BCUT2D eigenvalue weighted by Gasteiger charge is 2.24. The summed E-state index contributed by atoms with van der Waals surface area (Å²) in [6.07, 6.45) is 5.83. The fraction of sp³-hybridized carbons (Fsp3) is 0.289. The zero-order chi connectivity index (χ0) is 30.7. The molecule has 0 aliphatic carbocycles. The second kappa shape index (κ2) is 15.3. The number of para-hydroxylation sites is 1. The summed E-state index contributed by atoms with van der Waals surface area (Å²) in [6, 6.07) is 31.2. The summed E-state index contributed by atoms with van der Waals surface area (Å²) in [5, 5.41) is 0.769. The Bertz CT molecular complexity index is 1640. The SMILES string of the molecule is COc1ccc(C(=O)c2c(-c3ccc(OCCCCCCCN(C)Cc4ccccc4)cc3)oc3ccccc23)cc1OC. The molecular formula is C38H41NO5. The van der Waals surface area contributed by atoms with E-state index < -0.39 is 0 Å². The Kier molecular flexibility index (Phi) is 10.7. The Hall–Kier alpha value is -4.55. The number of furan rings is 1. The smallest absolute Gasteiger partial charge is 0.197 e. The number of carbonyl (C=O) groups is 1. The van der Waals surface area contributed by atoms with Crippen molar-refractivity contribution in [1.82, 2.24) is 4.90 Å². The summed E-state index contributed by atoms with van der Waals surface area (Å²) in [5.41, 5.74) is 3.85. The molecule has 0 saturated carbocycles. The number of hydrogen-bond acceptors (Lipinski definition) is 6. The summed E-state index contributed by atoms with van der Waals surface area (Å²) in [4.78, 5) is 16.2. The van der Waals surface area contributed by atoms with Gasteiger partial charge in [0.2, 0.25) is 0 Å². The molecule has 0 aliphatic rings.